The molecule has 0 unspecified atom stereocenters. The Morgan fingerprint density at radius 2 is 0.855 bits per heavy atom. The molecule has 0 aliphatic heterocycles. The van der Waals surface area contributed by atoms with Crippen molar-refractivity contribution in [2.75, 3.05) is 29.5 Å². The number of anilines is 3. The van der Waals surface area contributed by atoms with Crippen LogP contribution in [-0.2, 0) is 19.2 Å². The van der Waals surface area contributed by atoms with Crippen molar-refractivity contribution in [2.45, 2.75) is 13.8 Å². The van der Waals surface area contributed by atoms with Crippen LogP contribution in [0.4, 0.5) is 17.1 Å². The Morgan fingerprint density at radius 3 is 1.18 bits per heavy atom. The number of nitrogen functional groups attached to an aromatic ring is 1. The summed E-state index contributed by atoms with van der Waals surface area (Å²) in [6.07, 6.45) is 10.3. The molecular weight excluding hydrogens is 795 g/mol. The van der Waals surface area contributed by atoms with Gasteiger partial charge in [-0.3, -0.25) is 47.3 Å². The van der Waals surface area contributed by atoms with Crippen LogP contribution >= 0.6 is 0 Å². The number of amides is 4. The fourth-order valence-electron chi connectivity index (χ4n) is 5.61. The minimum Gasteiger partial charge on any atom is -0.397 e. The van der Waals surface area contributed by atoms with Crippen molar-refractivity contribution in [3.63, 3.8) is 0 Å². The number of nitrogens with one attached hydrogen (secondary N) is 4. The molecule has 9 aromatic heterocycles. The van der Waals surface area contributed by atoms with Crippen molar-refractivity contribution in [3.8, 4) is 34.6 Å². The van der Waals surface area contributed by atoms with Gasteiger partial charge in [-0.1, -0.05) is 18.2 Å². The molecule has 0 saturated heterocycles. The number of fused-ring (bicyclic) bond motifs is 3. The van der Waals surface area contributed by atoms with E-state index in [0.717, 1.165) is 28.5 Å². The zero-order chi connectivity index (χ0) is 43.4. The lowest BCUT2D eigenvalue weighted by atomic mass is 10.3. The molecule has 0 atom stereocenters. The Kier molecular flexibility index (Phi) is 12.7. The molecule has 62 heavy (non-hydrogen) atoms. The summed E-state index contributed by atoms with van der Waals surface area (Å²) in [5.74, 6) is 0.814. The van der Waals surface area contributed by atoms with Crippen LogP contribution in [0.2, 0.25) is 0 Å². The van der Waals surface area contributed by atoms with Gasteiger partial charge in [0.25, 0.3) is 0 Å². The molecule has 0 bridgehead atoms. The van der Waals surface area contributed by atoms with Gasteiger partial charge in [-0.25, -0.2) is 0 Å². The topological polar surface area (TPSA) is 272 Å². The molecule has 9 aromatic rings. The van der Waals surface area contributed by atoms with Crippen LogP contribution in [0.15, 0.2) is 128 Å². The largest absolute Gasteiger partial charge is 0.397 e. The van der Waals surface area contributed by atoms with Crippen LogP contribution in [0.5, 0.6) is 0 Å². The molecule has 0 saturated carbocycles. The molecule has 0 radical (unpaired) electrons. The van der Waals surface area contributed by atoms with Crippen molar-refractivity contribution in [1.82, 2.24) is 69.4 Å². The monoisotopic (exact) mass is 831 g/mol. The molecule has 4 amide bonds. The molecule has 21 heteroatoms. The van der Waals surface area contributed by atoms with E-state index in [9.17, 15) is 19.2 Å². The number of rotatable bonds is 9. The van der Waals surface area contributed by atoms with Crippen molar-refractivity contribution in [1.29, 1.82) is 0 Å². The minimum atomic E-state index is -0.317. The number of nitrogens with two attached hydrogens (primary N) is 1. The first-order valence-electron chi connectivity index (χ1n) is 18.7. The molecule has 0 spiro atoms. The maximum Gasteiger partial charge on any atom is 0.243 e. The Balaban J connectivity index is 0.000000142. The smallest absolute Gasteiger partial charge is 0.243 e. The summed E-state index contributed by atoms with van der Waals surface area (Å²) in [6, 6.07) is 27.6. The molecule has 0 aliphatic rings. The normalized spacial score (nSPS) is 10.5. The summed E-state index contributed by atoms with van der Waals surface area (Å²) in [5.41, 5.74) is 11.6. The van der Waals surface area contributed by atoms with Gasteiger partial charge < -0.3 is 27.0 Å². The Bertz CT molecular complexity index is 2840. The first kappa shape index (κ1) is 41.2. The van der Waals surface area contributed by atoms with Gasteiger partial charge >= 0.3 is 0 Å². The third-order valence-electron chi connectivity index (χ3n) is 8.51. The van der Waals surface area contributed by atoms with Crippen molar-refractivity contribution in [3.05, 3.63) is 128 Å². The fraction of sp³-hybridized carbons (Fsp3) is 0.0976. The van der Waals surface area contributed by atoms with E-state index < -0.39 is 0 Å². The first-order chi connectivity index (χ1) is 30.1. The number of carbonyl (C=O) groups excluding carboxylic acids is 4. The van der Waals surface area contributed by atoms with Crippen LogP contribution in [0, 0.1) is 0 Å². The van der Waals surface area contributed by atoms with Gasteiger partial charge in [-0.15, -0.1) is 30.6 Å². The fourth-order valence-corrected chi connectivity index (χ4v) is 5.61. The molecule has 0 fully saturated rings. The first-order valence-corrected chi connectivity index (χ1v) is 18.7. The van der Waals surface area contributed by atoms with Crippen molar-refractivity contribution in [2.24, 2.45) is 0 Å². The van der Waals surface area contributed by atoms with Gasteiger partial charge in [0.05, 0.1) is 48.7 Å². The average molecular weight is 832 g/mol. The number of hydrogen-bond donors (Lipinski definition) is 5. The number of carbonyl (C=O) groups is 4. The standard InChI is InChI=1S/2C15H14N6O2.C11H9N5/c2*1-10(22)16-9-14(23)18-11-5-6-12(17-8-11)15-20-19-13-4-2-3-7-21(13)15;12-8-4-5-9(13-7-8)11-15-14-10-3-1-2-6-16(10)11/h2*2-8H,9H2,1H3,(H,16,22)(H,18,23);1-7H,12H2. The number of pyridine rings is 6. The predicted octanol–water partition coefficient (Wildman–Crippen LogP) is 3.11. The van der Waals surface area contributed by atoms with Crippen molar-refractivity contribution < 1.29 is 19.2 Å². The summed E-state index contributed by atoms with van der Waals surface area (Å²) < 4.78 is 5.55. The quantitative estimate of drug-likeness (QED) is 0.140. The van der Waals surface area contributed by atoms with E-state index in [-0.39, 0.29) is 36.7 Å². The highest BCUT2D eigenvalue weighted by Crippen LogP contribution is 2.20. The summed E-state index contributed by atoms with van der Waals surface area (Å²) >= 11 is 0. The predicted molar refractivity (Wildman–Crippen MR) is 228 cm³/mol. The molecule has 0 aliphatic carbocycles. The van der Waals surface area contributed by atoms with E-state index in [1.54, 1.807) is 36.5 Å². The molecular formula is C41H37N17O4. The maximum absolute atomic E-state index is 11.6. The van der Waals surface area contributed by atoms with Gasteiger partial charge in [0.1, 0.15) is 17.1 Å². The van der Waals surface area contributed by atoms with Crippen LogP contribution < -0.4 is 27.0 Å². The second kappa shape index (κ2) is 19.2. The number of nitrogens with zero attached hydrogens (tertiary/aromatic N) is 12. The highest BCUT2D eigenvalue weighted by molar-refractivity contribution is 5.95. The van der Waals surface area contributed by atoms with Crippen LogP contribution in [0.1, 0.15) is 13.8 Å². The Labute approximate surface area is 351 Å². The highest BCUT2D eigenvalue weighted by atomic mass is 16.2. The molecule has 9 rings (SSSR count). The molecule has 0 aromatic carbocycles. The Morgan fingerprint density at radius 1 is 0.484 bits per heavy atom. The third-order valence-corrected chi connectivity index (χ3v) is 8.51. The lowest BCUT2D eigenvalue weighted by molar-refractivity contribution is -0.122. The van der Waals surface area contributed by atoms with Gasteiger partial charge in [-0.05, 0) is 72.8 Å². The van der Waals surface area contributed by atoms with Gasteiger partial charge in [0.15, 0.2) is 34.4 Å². The number of hydrogen-bond acceptors (Lipinski definition) is 14. The Hall–Kier alpha value is -9.01. The van der Waals surface area contributed by atoms with Crippen LogP contribution in [-0.4, -0.2) is 95.5 Å². The highest BCUT2D eigenvalue weighted by Gasteiger charge is 2.12. The van der Waals surface area contributed by atoms with E-state index in [2.05, 4.69) is 66.8 Å². The molecule has 21 nitrogen and oxygen atoms in total. The maximum atomic E-state index is 11.6. The van der Waals surface area contributed by atoms with E-state index in [0.29, 0.717) is 40.1 Å². The SMILES string of the molecule is CC(=O)NCC(=O)Nc1ccc(-c2nnc3ccccn23)nc1.CC(=O)NCC(=O)Nc1ccc(-c2nnc3ccccn23)nc1.Nc1ccc(-c2nnc3ccccn23)nc1. The van der Waals surface area contributed by atoms with Crippen LogP contribution in [0.3, 0.4) is 0 Å². The summed E-state index contributed by atoms with van der Waals surface area (Å²) in [6.45, 7) is 2.55. The van der Waals surface area contributed by atoms with Gasteiger partial charge in [-0.2, -0.15) is 0 Å². The lowest BCUT2D eigenvalue weighted by Crippen LogP contribution is -2.31. The molecule has 310 valence electrons. The average Bonchev–Trinajstić information content (AvgIpc) is 4.04. The van der Waals surface area contributed by atoms with E-state index in [1.807, 2.05) is 92.5 Å². The molecule has 6 N–H and O–H groups in total. The van der Waals surface area contributed by atoms with Crippen LogP contribution in [0.25, 0.3) is 51.5 Å². The zero-order valence-electron chi connectivity index (χ0n) is 33.1. The zero-order valence-corrected chi connectivity index (χ0v) is 33.1. The summed E-state index contributed by atoms with van der Waals surface area (Å²) in [5, 5.41) is 34.7. The summed E-state index contributed by atoms with van der Waals surface area (Å²) in [4.78, 5) is 57.6. The van der Waals surface area contributed by atoms with E-state index in [4.69, 9.17) is 5.73 Å². The summed E-state index contributed by atoms with van der Waals surface area (Å²) in [7, 11) is 0. The van der Waals surface area contributed by atoms with Gasteiger partial charge in [0, 0.05) is 32.4 Å². The number of aromatic nitrogens is 12. The van der Waals surface area contributed by atoms with E-state index in [1.165, 1.54) is 26.2 Å². The van der Waals surface area contributed by atoms with Gasteiger partial charge in [0.2, 0.25) is 23.6 Å². The minimum absolute atomic E-state index is 0.0775. The molecule has 9 heterocycles. The third kappa shape index (κ3) is 10.3. The van der Waals surface area contributed by atoms with E-state index >= 15 is 0 Å². The lowest BCUT2D eigenvalue weighted by Gasteiger charge is -2.06. The van der Waals surface area contributed by atoms with Crippen molar-refractivity contribution >= 4 is 57.6 Å². The second-order valence-corrected chi connectivity index (χ2v) is 13.1. The second-order valence-electron chi connectivity index (χ2n) is 13.1.